The Morgan fingerprint density at radius 2 is 1.84 bits per heavy atom. The second kappa shape index (κ2) is 10.4. The van der Waals surface area contributed by atoms with Crippen LogP contribution in [0.4, 0.5) is 0 Å². The fraction of sp³-hybridized carbons (Fsp3) is 0.241. The van der Waals surface area contributed by atoms with Gasteiger partial charge in [-0.25, -0.2) is 9.38 Å². The summed E-state index contributed by atoms with van der Waals surface area (Å²) in [6, 6.07) is 17.4. The average Bonchev–Trinajstić information content (AvgIpc) is 3.38. The molecule has 0 N–H and O–H groups in total. The first-order chi connectivity index (χ1) is 17.9. The third kappa shape index (κ3) is 5.02. The molecule has 0 aliphatic carbocycles. The second-order valence-electron chi connectivity index (χ2n) is 9.06. The zero-order valence-electron chi connectivity index (χ0n) is 21.1. The van der Waals surface area contributed by atoms with Crippen molar-refractivity contribution in [1.29, 1.82) is 0 Å². The van der Waals surface area contributed by atoms with E-state index >= 15 is 0 Å². The predicted octanol–water partition coefficient (Wildman–Crippen LogP) is 6.01. The van der Waals surface area contributed by atoms with Crippen LogP contribution in [0.1, 0.15) is 36.5 Å². The summed E-state index contributed by atoms with van der Waals surface area (Å²) in [5.41, 5.74) is 4.52. The third-order valence-corrected chi connectivity index (χ3v) is 7.32. The minimum absolute atomic E-state index is 0.113. The van der Waals surface area contributed by atoms with E-state index < -0.39 is 0 Å². The first-order valence-corrected chi connectivity index (χ1v) is 13.2. The summed E-state index contributed by atoms with van der Waals surface area (Å²) in [6.45, 7) is 6.98. The molecule has 5 aromatic rings. The Morgan fingerprint density at radius 1 is 1.05 bits per heavy atom. The number of fused-ring (bicyclic) bond motifs is 3. The number of halogens is 1. The Hall–Kier alpha value is -3.55. The van der Waals surface area contributed by atoms with E-state index in [9.17, 15) is 4.79 Å². The number of hydrogen-bond donors (Lipinski definition) is 0. The van der Waals surface area contributed by atoms with Crippen molar-refractivity contribution < 1.29 is 14.2 Å². The largest absolute Gasteiger partial charge is 0.493 e. The van der Waals surface area contributed by atoms with Crippen LogP contribution < -0.4 is 24.3 Å². The van der Waals surface area contributed by atoms with Crippen LogP contribution in [-0.4, -0.2) is 29.7 Å². The maximum atomic E-state index is 13.1. The molecule has 0 bridgehead atoms. The Morgan fingerprint density at radius 3 is 2.62 bits per heavy atom. The molecule has 0 amide bonds. The lowest BCUT2D eigenvalue weighted by atomic mass is 10.0. The van der Waals surface area contributed by atoms with E-state index in [-0.39, 0.29) is 5.56 Å². The molecule has 0 unspecified atom stereocenters. The topological polar surface area (TPSA) is 62.1 Å². The summed E-state index contributed by atoms with van der Waals surface area (Å²) in [5.74, 6) is 2.14. The van der Waals surface area contributed by atoms with Gasteiger partial charge in [0.2, 0.25) is 0 Å². The SMILES string of the molecule is COc1cc(/C=c2\sc3nc4ccccc4n3c2=O)cc(Cl)c1OCCOc1cc(C)ccc1C(C)C. The molecule has 0 spiro atoms. The van der Waals surface area contributed by atoms with Gasteiger partial charge in [-0.3, -0.25) is 4.79 Å². The maximum Gasteiger partial charge on any atom is 0.274 e. The Kier molecular flexibility index (Phi) is 7.09. The van der Waals surface area contributed by atoms with Crippen molar-refractivity contribution in [2.24, 2.45) is 0 Å². The Bertz CT molecular complexity index is 1710. The van der Waals surface area contributed by atoms with Crippen LogP contribution in [0.2, 0.25) is 5.02 Å². The number of para-hydroxylation sites is 2. The van der Waals surface area contributed by atoms with Gasteiger partial charge in [-0.15, -0.1) is 0 Å². The molecule has 0 saturated heterocycles. The highest BCUT2D eigenvalue weighted by Crippen LogP contribution is 2.37. The number of nitrogens with zero attached hydrogens (tertiary/aromatic N) is 2. The quantitative estimate of drug-likeness (QED) is 0.228. The second-order valence-corrected chi connectivity index (χ2v) is 10.5. The lowest BCUT2D eigenvalue weighted by Gasteiger charge is -2.16. The van der Waals surface area contributed by atoms with Gasteiger partial charge < -0.3 is 14.2 Å². The Labute approximate surface area is 223 Å². The summed E-state index contributed by atoms with van der Waals surface area (Å²) >= 11 is 7.92. The van der Waals surface area contributed by atoms with Gasteiger partial charge in [0.05, 0.1) is 27.7 Å². The van der Waals surface area contributed by atoms with E-state index in [1.807, 2.05) is 37.3 Å². The molecule has 6 nitrogen and oxygen atoms in total. The van der Waals surface area contributed by atoms with Crippen LogP contribution >= 0.6 is 22.9 Å². The molecule has 0 radical (unpaired) electrons. The van der Waals surface area contributed by atoms with Crippen LogP contribution in [0.25, 0.3) is 22.1 Å². The number of aromatic nitrogens is 2. The number of benzene rings is 3. The van der Waals surface area contributed by atoms with Crippen LogP contribution in [0.15, 0.2) is 59.4 Å². The third-order valence-electron chi connectivity index (χ3n) is 6.07. The summed E-state index contributed by atoms with van der Waals surface area (Å²) in [4.78, 5) is 18.3. The molecule has 0 aliphatic rings. The molecule has 2 aromatic heterocycles. The number of ether oxygens (including phenoxy) is 3. The molecule has 37 heavy (non-hydrogen) atoms. The fourth-order valence-electron chi connectivity index (χ4n) is 4.27. The summed E-state index contributed by atoms with van der Waals surface area (Å²) < 4.78 is 19.7. The molecule has 5 rings (SSSR count). The number of rotatable bonds is 8. The number of aryl methyl sites for hydroxylation is 1. The number of thiazole rings is 1. The van der Waals surface area contributed by atoms with Gasteiger partial charge in [-0.1, -0.05) is 61.1 Å². The summed E-state index contributed by atoms with van der Waals surface area (Å²) in [6.07, 6.45) is 1.79. The van der Waals surface area contributed by atoms with E-state index in [0.29, 0.717) is 45.1 Å². The lowest BCUT2D eigenvalue weighted by molar-refractivity contribution is 0.210. The van der Waals surface area contributed by atoms with Crippen molar-refractivity contribution in [3.05, 3.63) is 91.2 Å². The molecule has 3 aromatic carbocycles. The van der Waals surface area contributed by atoms with Crippen LogP contribution in [-0.2, 0) is 0 Å². The summed E-state index contributed by atoms with van der Waals surface area (Å²) in [7, 11) is 1.56. The minimum Gasteiger partial charge on any atom is -0.493 e. The van der Waals surface area contributed by atoms with Crippen LogP contribution in [0.3, 0.4) is 0 Å². The van der Waals surface area contributed by atoms with Gasteiger partial charge in [0.25, 0.3) is 5.56 Å². The van der Waals surface area contributed by atoms with Gasteiger partial charge in [0, 0.05) is 0 Å². The van der Waals surface area contributed by atoms with Crippen molar-refractivity contribution >= 4 is 45.0 Å². The molecule has 0 saturated carbocycles. The predicted molar refractivity (Wildman–Crippen MR) is 150 cm³/mol. The molecule has 0 aliphatic heterocycles. The van der Waals surface area contributed by atoms with Crippen molar-refractivity contribution in [1.82, 2.24) is 9.38 Å². The highest BCUT2D eigenvalue weighted by molar-refractivity contribution is 7.15. The van der Waals surface area contributed by atoms with Gasteiger partial charge in [-0.2, -0.15) is 0 Å². The summed E-state index contributed by atoms with van der Waals surface area (Å²) in [5, 5.41) is 0.392. The van der Waals surface area contributed by atoms with E-state index in [4.69, 9.17) is 25.8 Å². The van der Waals surface area contributed by atoms with Crippen molar-refractivity contribution in [2.75, 3.05) is 20.3 Å². The maximum absolute atomic E-state index is 13.1. The molecule has 0 atom stereocenters. The van der Waals surface area contributed by atoms with Crippen LogP contribution in [0, 0.1) is 6.92 Å². The molecule has 2 heterocycles. The van der Waals surface area contributed by atoms with E-state index in [0.717, 1.165) is 33.5 Å². The first-order valence-electron chi connectivity index (χ1n) is 12.0. The zero-order chi connectivity index (χ0) is 26.1. The Balaban J connectivity index is 1.36. The highest BCUT2D eigenvalue weighted by Gasteiger charge is 2.14. The van der Waals surface area contributed by atoms with E-state index in [1.54, 1.807) is 29.7 Å². The van der Waals surface area contributed by atoms with Gasteiger partial charge in [-0.05, 0) is 65.9 Å². The highest BCUT2D eigenvalue weighted by atomic mass is 35.5. The minimum atomic E-state index is -0.113. The number of imidazole rings is 1. The average molecular weight is 535 g/mol. The van der Waals surface area contributed by atoms with Gasteiger partial charge >= 0.3 is 0 Å². The van der Waals surface area contributed by atoms with E-state index in [2.05, 4.69) is 31.0 Å². The van der Waals surface area contributed by atoms with Gasteiger partial charge in [0.1, 0.15) is 19.0 Å². The fourth-order valence-corrected chi connectivity index (χ4v) is 5.53. The van der Waals surface area contributed by atoms with Crippen molar-refractivity contribution in [3.8, 4) is 17.2 Å². The molecule has 190 valence electrons. The van der Waals surface area contributed by atoms with Crippen LogP contribution in [0.5, 0.6) is 17.2 Å². The lowest BCUT2D eigenvalue weighted by Crippen LogP contribution is -2.22. The number of hydrogen-bond acceptors (Lipinski definition) is 6. The normalized spacial score (nSPS) is 12.1. The first kappa shape index (κ1) is 25.1. The van der Waals surface area contributed by atoms with E-state index in [1.165, 1.54) is 11.3 Å². The molecular weight excluding hydrogens is 508 g/mol. The smallest absolute Gasteiger partial charge is 0.274 e. The van der Waals surface area contributed by atoms with Crippen molar-refractivity contribution in [3.63, 3.8) is 0 Å². The monoisotopic (exact) mass is 534 g/mol. The number of methoxy groups -OCH3 is 1. The zero-order valence-corrected chi connectivity index (χ0v) is 22.7. The molecule has 0 fully saturated rings. The standard InChI is InChI=1S/C29H27ClN2O4S/c1-17(2)20-10-9-18(3)13-24(20)35-11-12-36-27-21(30)14-19(15-25(27)34-4)16-26-28(33)32-23-8-6-5-7-22(23)31-29(32)37-26/h5-10,13-17H,11-12H2,1-4H3/b26-16-. The van der Waals surface area contributed by atoms with Crippen molar-refractivity contribution in [2.45, 2.75) is 26.7 Å². The van der Waals surface area contributed by atoms with Gasteiger partial charge in [0.15, 0.2) is 16.5 Å². The molecule has 8 heteroatoms. The molecular formula is C29H27ClN2O4S.